The molecule has 3 rings (SSSR count). The molecule has 1 heterocycles. The van der Waals surface area contributed by atoms with Gasteiger partial charge in [0.15, 0.2) is 0 Å². The molecule has 0 spiro atoms. The van der Waals surface area contributed by atoms with Crippen LogP contribution in [-0.4, -0.2) is 31.7 Å². The van der Waals surface area contributed by atoms with Crippen LogP contribution in [0.4, 0.5) is 0 Å². The summed E-state index contributed by atoms with van der Waals surface area (Å²) in [7, 11) is 0. The van der Waals surface area contributed by atoms with Crippen LogP contribution < -0.4 is 11.1 Å². The van der Waals surface area contributed by atoms with E-state index in [9.17, 15) is 4.79 Å². The number of carbonyl (C=O) groups excluding carboxylic acids is 1. The summed E-state index contributed by atoms with van der Waals surface area (Å²) in [6.07, 6.45) is 5.38. The van der Waals surface area contributed by atoms with Gasteiger partial charge in [0.1, 0.15) is 0 Å². The van der Waals surface area contributed by atoms with Crippen molar-refractivity contribution in [2.45, 2.75) is 50.0 Å². The van der Waals surface area contributed by atoms with Crippen LogP contribution in [0.5, 0.6) is 0 Å². The molecule has 0 unspecified atom stereocenters. The number of nitrogens with one attached hydrogen (secondary N) is 1. The zero-order valence-corrected chi connectivity index (χ0v) is 17.1. The highest BCUT2D eigenvalue weighted by molar-refractivity contribution is 6.35. The van der Waals surface area contributed by atoms with E-state index >= 15 is 0 Å². The molecular weight excluding hydrogens is 395 g/mol. The highest BCUT2D eigenvalue weighted by Gasteiger charge is 2.37. The number of hydrogen-bond donors (Lipinski definition) is 2. The van der Waals surface area contributed by atoms with Crippen molar-refractivity contribution in [2.24, 2.45) is 11.7 Å². The lowest BCUT2D eigenvalue weighted by atomic mass is 9.74. The minimum absolute atomic E-state index is 0. The maximum absolute atomic E-state index is 12.4. The van der Waals surface area contributed by atoms with E-state index in [0.29, 0.717) is 42.1 Å². The first-order valence-corrected chi connectivity index (χ1v) is 9.81. The smallest absolute Gasteiger partial charge is 0.220 e. The van der Waals surface area contributed by atoms with Crippen LogP contribution >= 0.6 is 35.6 Å². The Kier molecular flexibility index (Phi) is 8.05. The van der Waals surface area contributed by atoms with E-state index in [4.69, 9.17) is 33.7 Å². The summed E-state index contributed by atoms with van der Waals surface area (Å²) in [6, 6.07) is 5.78. The van der Waals surface area contributed by atoms with Gasteiger partial charge in [0.2, 0.25) is 5.91 Å². The Labute approximate surface area is 171 Å². The Hall–Kier alpha value is -0.520. The molecule has 1 aliphatic heterocycles. The SMILES string of the molecule is Cl.N[C@@H]1CCC[C@H]1CC(=O)NCC1(c2ccc(Cl)cc2Cl)CCOCC1. The number of nitrogens with two attached hydrogens (primary N) is 1. The second-order valence-corrected chi connectivity index (χ2v) is 8.20. The monoisotopic (exact) mass is 420 g/mol. The van der Waals surface area contributed by atoms with Crippen molar-refractivity contribution in [3.8, 4) is 0 Å². The predicted molar refractivity (Wildman–Crippen MR) is 108 cm³/mol. The molecule has 1 aromatic carbocycles. The Bertz CT molecular complexity index is 621. The van der Waals surface area contributed by atoms with Gasteiger partial charge in [0.25, 0.3) is 0 Å². The maximum Gasteiger partial charge on any atom is 0.220 e. The highest BCUT2D eigenvalue weighted by atomic mass is 35.5. The second kappa shape index (κ2) is 9.61. The molecule has 4 nitrogen and oxygen atoms in total. The van der Waals surface area contributed by atoms with Gasteiger partial charge in [-0.25, -0.2) is 0 Å². The number of hydrogen-bond acceptors (Lipinski definition) is 3. The second-order valence-electron chi connectivity index (χ2n) is 7.35. The van der Waals surface area contributed by atoms with Crippen LogP contribution in [0.2, 0.25) is 10.0 Å². The van der Waals surface area contributed by atoms with Crippen LogP contribution in [-0.2, 0) is 14.9 Å². The van der Waals surface area contributed by atoms with E-state index in [-0.39, 0.29) is 29.8 Å². The van der Waals surface area contributed by atoms with E-state index in [1.54, 1.807) is 6.07 Å². The van der Waals surface area contributed by atoms with Crippen LogP contribution in [0.3, 0.4) is 0 Å². The van der Waals surface area contributed by atoms with Crippen molar-refractivity contribution in [1.29, 1.82) is 0 Å². The fraction of sp³-hybridized carbons (Fsp3) is 0.632. The molecule has 26 heavy (non-hydrogen) atoms. The van der Waals surface area contributed by atoms with Gasteiger partial charge in [-0.1, -0.05) is 35.7 Å². The van der Waals surface area contributed by atoms with Gasteiger partial charge in [-0.2, -0.15) is 0 Å². The van der Waals surface area contributed by atoms with Crippen molar-refractivity contribution in [2.75, 3.05) is 19.8 Å². The quantitative estimate of drug-likeness (QED) is 0.752. The predicted octanol–water partition coefficient (Wildman–Crippen LogP) is 4.10. The summed E-state index contributed by atoms with van der Waals surface area (Å²) in [5, 5.41) is 4.41. The summed E-state index contributed by atoms with van der Waals surface area (Å²) in [6.45, 7) is 1.91. The minimum Gasteiger partial charge on any atom is -0.381 e. The van der Waals surface area contributed by atoms with Gasteiger partial charge < -0.3 is 15.8 Å². The Morgan fingerprint density at radius 1 is 1.27 bits per heavy atom. The molecule has 146 valence electrons. The molecule has 1 amide bonds. The molecule has 0 bridgehead atoms. The molecule has 2 aliphatic rings. The molecule has 1 saturated heterocycles. The molecular formula is C19H27Cl3N2O2. The average molecular weight is 422 g/mol. The highest BCUT2D eigenvalue weighted by Crippen LogP contribution is 2.39. The average Bonchev–Trinajstić information content (AvgIpc) is 2.99. The molecule has 1 saturated carbocycles. The zero-order chi connectivity index (χ0) is 17.9. The minimum atomic E-state index is -0.201. The maximum atomic E-state index is 12.4. The molecule has 1 aliphatic carbocycles. The van der Waals surface area contributed by atoms with Crippen molar-refractivity contribution < 1.29 is 9.53 Å². The molecule has 7 heteroatoms. The first kappa shape index (κ1) is 21.8. The molecule has 2 fully saturated rings. The van der Waals surface area contributed by atoms with Gasteiger partial charge in [-0.3, -0.25) is 4.79 Å². The fourth-order valence-electron chi connectivity index (χ4n) is 4.12. The third-order valence-corrected chi connectivity index (χ3v) is 6.29. The van der Waals surface area contributed by atoms with E-state index < -0.39 is 0 Å². The number of ether oxygens (including phenoxy) is 1. The first-order chi connectivity index (χ1) is 12.0. The van der Waals surface area contributed by atoms with Crippen molar-refractivity contribution >= 4 is 41.5 Å². The summed E-state index contributed by atoms with van der Waals surface area (Å²) in [5.74, 6) is 0.392. The number of amides is 1. The lowest BCUT2D eigenvalue weighted by molar-refractivity contribution is -0.122. The van der Waals surface area contributed by atoms with Crippen molar-refractivity contribution in [3.05, 3.63) is 33.8 Å². The first-order valence-electron chi connectivity index (χ1n) is 9.06. The molecule has 3 N–H and O–H groups in total. The fourth-order valence-corrected chi connectivity index (χ4v) is 4.73. The van der Waals surface area contributed by atoms with Crippen LogP contribution in [0.1, 0.15) is 44.1 Å². The standard InChI is InChI=1S/C19H26Cl2N2O2.ClH/c20-14-4-5-15(16(21)11-14)19(6-8-25-9-7-19)12-23-18(24)10-13-2-1-3-17(13)22;/h4-5,11,13,17H,1-3,6-10,12,22H2,(H,23,24);1H/t13-,17+;/m0./s1. The van der Waals surface area contributed by atoms with Gasteiger partial charge in [-0.15, -0.1) is 12.4 Å². The molecule has 0 radical (unpaired) electrons. The topological polar surface area (TPSA) is 64.4 Å². The third-order valence-electron chi connectivity index (χ3n) is 5.74. The van der Waals surface area contributed by atoms with Crippen LogP contribution in [0.15, 0.2) is 18.2 Å². The van der Waals surface area contributed by atoms with Gasteiger partial charge >= 0.3 is 0 Å². The summed E-state index contributed by atoms with van der Waals surface area (Å²) >= 11 is 12.5. The lowest BCUT2D eigenvalue weighted by Crippen LogP contribution is -2.45. The number of carbonyl (C=O) groups is 1. The molecule has 1 aromatic rings. The summed E-state index contributed by atoms with van der Waals surface area (Å²) in [5.41, 5.74) is 6.93. The Balaban J connectivity index is 0.00000243. The van der Waals surface area contributed by atoms with Gasteiger partial charge in [-0.05, 0) is 49.3 Å². The van der Waals surface area contributed by atoms with Crippen LogP contribution in [0.25, 0.3) is 0 Å². The molecule has 2 atom stereocenters. The summed E-state index contributed by atoms with van der Waals surface area (Å²) in [4.78, 5) is 12.4. The summed E-state index contributed by atoms with van der Waals surface area (Å²) < 4.78 is 5.54. The van der Waals surface area contributed by atoms with Crippen molar-refractivity contribution in [3.63, 3.8) is 0 Å². The van der Waals surface area contributed by atoms with E-state index in [2.05, 4.69) is 5.32 Å². The number of benzene rings is 1. The van der Waals surface area contributed by atoms with Gasteiger partial charge in [0.05, 0.1) is 0 Å². The molecule has 0 aromatic heterocycles. The normalized spacial score (nSPS) is 24.7. The van der Waals surface area contributed by atoms with E-state index in [1.807, 2.05) is 12.1 Å². The Morgan fingerprint density at radius 3 is 2.62 bits per heavy atom. The number of rotatable bonds is 5. The number of halogens is 3. The van der Waals surface area contributed by atoms with Crippen molar-refractivity contribution in [1.82, 2.24) is 5.32 Å². The lowest BCUT2D eigenvalue weighted by Gasteiger charge is -2.38. The van der Waals surface area contributed by atoms with E-state index in [0.717, 1.165) is 37.7 Å². The third kappa shape index (κ3) is 5.05. The van der Waals surface area contributed by atoms with Gasteiger partial charge in [0, 0.05) is 47.7 Å². The zero-order valence-electron chi connectivity index (χ0n) is 14.8. The van der Waals surface area contributed by atoms with Crippen LogP contribution in [0, 0.1) is 5.92 Å². The Morgan fingerprint density at radius 2 is 2.00 bits per heavy atom. The van der Waals surface area contributed by atoms with E-state index in [1.165, 1.54) is 0 Å². The largest absolute Gasteiger partial charge is 0.381 e.